The monoisotopic (exact) mass is 419 g/mol. The van der Waals surface area contributed by atoms with Gasteiger partial charge in [0.1, 0.15) is 6.04 Å². The van der Waals surface area contributed by atoms with Crippen molar-refractivity contribution < 1.29 is 9.59 Å². The molecule has 2 aromatic rings. The number of aryl methyl sites for hydroxylation is 2. The van der Waals surface area contributed by atoms with Crippen LogP contribution in [0.2, 0.25) is 0 Å². The second kappa shape index (κ2) is 9.65. The van der Waals surface area contributed by atoms with Crippen LogP contribution < -0.4 is 10.6 Å². The topological polar surface area (TPSA) is 61.4 Å². The number of hydrogen-bond donors (Lipinski definition) is 2. The first kappa shape index (κ1) is 21.6. The highest BCUT2D eigenvalue weighted by molar-refractivity contribution is 5.95. The highest BCUT2D eigenvalue weighted by atomic mass is 16.2. The number of piperidine rings is 1. The van der Waals surface area contributed by atoms with E-state index in [1.807, 2.05) is 56.3 Å². The summed E-state index contributed by atoms with van der Waals surface area (Å²) in [6, 6.07) is 15.6. The Kier molecular flexibility index (Phi) is 6.71. The summed E-state index contributed by atoms with van der Waals surface area (Å²) in [6.07, 6.45) is 4.26. The summed E-state index contributed by atoms with van der Waals surface area (Å²) in [5, 5.41) is 6.26. The molecule has 0 spiro atoms. The molecule has 5 heteroatoms. The number of amides is 2. The first-order valence-corrected chi connectivity index (χ1v) is 11.5. The molecule has 164 valence electrons. The third-order valence-corrected chi connectivity index (χ3v) is 6.30. The van der Waals surface area contributed by atoms with E-state index in [4.69, 9.17) is 0 Å². The van der Waals surface area contributed by atoms with E-state index in [9.17, 15) is 9.59 Å². The van der Waals surface area contributed by atoms with E-state index in [2.05, 4.69) is 21.6 Å². The number of hydrogen-bond acceptors (Lipinski definition) is 3. The number of carbonyl (C=O) groups is 2. The lowest BCUT2D eigenvalue weighted by Gasteiger charge is -2.37. The highest BCUT2D eigenvalue weighted by Crippen LogP contribution is 2.30. The lowest BCUT2D eigenvalue weighted by atomic mass is 9.93. The second-order valence-corrected chi connectivity index (χ2v) is 9.20. The fraction of sp³-hybridized carbons (Fsp3) is 0.462. The summed E-state index contributed by atoms with van der Waals surface area (Å²) in [6.45, 7) is 6.28. The van der Waals surface area contributed by atoms with Gasteiger partial charge in [0.15, 0.2) is 0 Å². The van der Waals surface area contributed by atoms with Crippen LogP contribution in [0.1, 0.15) is 48.4 Å². The van der Waals surface area contributed by atoms with Gasteiger partial charge in [0.2, 0.25) is 11.8 Å². The molecule has 31 heavy (non-hydrogen) atoms. The summed E-state index contributed by atoms with van der Waals surface area (Å²) in [7, 11) is 0. The first-order chi connectivity index (χ1) is 15.0. The molecule has 0 aromatic heterocycles. The van der Waals surface area contributed by atoms with Gasteiger partial charge < -0.3 is 10.6 Å². The number of benzene rings is 2. The van der Waals surface area contributed by atoms with Gasteiger partial charge in [0.05, 0.1) is 5.92 Å². The number of rotatable bonds is 7. The molecule has 1 saturated carbocycles. The van der Waals surface area contributed by atoms with Crippen LogP contribution in [0.15, 0.2) is 48.5 Å². The second-order valence-electron chi connectivity index (χ2n) is 9.20. The van der Waals surface area contributed by atoms with Gasteiger partial charge in [0.25, 0.3) is 0 Å². The Hall–Kier alpha value is -2.66. The Morgan fingerprint density at radius 1 is 1.03 bits per heavy atom. The van der Waals surface area contributed by atoms with E-state index in [-0.39, 0.29) is 17.7 Å². The Bertz CT molecular complexity index is 903. The maximum absolute atomic E-state index is 13.5. The van der Waals surface area contributed by atoms with Gasteiger partial charge in [-0.1, -0.05) is 36.4 Å². The Labute approximate surface area is 185 Å². The normalized spacial score (nSPS) is 20.1. The lowest BCUT2D eigenvalue weighted by Crippen LogP contribution is -2.47. The van der Waals surface area contributed by atoms with Crippen molar-refractivity contribution in [2.75, 3.05) is 25.0 Å². The van der Waals surface area contributed by atoms with Crippen LogP contribution in [0.4, 0.5) is 5.69 Å². The van der Waals surface area contributed by atoms with Crippen LogP contribution in [-0.2, 0) is 9.59 Å². The Morgan fingerprint density at radius 3 is 2.42 bits per heavy atom. The standard InChI is InChI=1S/C26H33N3O2/c1-18-13-19(2)15-23(14-18)28-26(31)24(21-7-4-3-5-8-21)29-12-6-9-22(17-29)25(30)27-16-20-10-11-20/h3-5,7-8,13-15,20,22,24H,6,9-12,16-17H2,1-2H3,(H,27,30)(H,28,31). The van der Waals surface area contributed by atoms with E-state index >= 15 is 0 Å². The third-order valence-electron chi connectivity index (χ3n) is 6.30. The van der Waals surface area contributed by atoms with E-state index in [1.165, 1.54) is 12.8 Å². The Morgan fingerprint density at radius 2 is 1.74 bits per heavy atom. The van der Waals surface area contributed by atoms with E-state index in [1.54, 1.807) is 0 Å². The number of anilines is 1. The molecule has 1 aliphatic heterocycles. The predicted molar refractivity (Wildman–Crippen MR) is 124 cm³/mol. The summed E-state index contributed by atoms with van der Waals surface area (Å²) >= 11 is 0. The predicted octanol–water partition coefficient (Wildman–Crippen LogP) is 4.22. The van der Waals surface area contributed by atoms with Gasteiger partial charge in [-0.3, -0.25) is 14.5 Å². The molecule has 2 N–H and O–H groups in total. The van der Waals surface area contributed by atoms with E-state index in [0.717, 1.165) is 48.3 Å². The molecule has 5 nitrogen and oxygen atoms in total. The van der Waals surface area contributed by atoms with Crippen molar-refractivity contribution >= 4 is 17.5 Å². The quantitative estimate of drug-likeness (QED) is 0.706. The molecule has 2 aromatic carbocycles. The summed E-state index contributed by atoms with van der Waals surface area (Å²) in [4.78, 5) is 28.4. The average molecular weight is 420 g/mol. The minimum absolute atomic E-state index is 0.0461. The molecule has 2 fully saturated rings. The van der Waals surface area contributed by atoms with Crippen molar-refractivity contribution in [1.29, 1.82) is 0 Å². The fourth-order valence-electron chi connectivity index (χ4n) is 4.59. The van der Waals surface area contributed by atoms with Crippen LogP contribution in [0, 0.1) is 25.7 Å². The molecule has 0 bridgehead atoms. The lowest BCUT2D eigenvalue weighted by molar-refractivity contribution is -0.129. The average Bonchev–Trinajstić information content (AvgIpc) is 3.57. The highest BCUT2D eigenvalue weighted by Gasteiger charge is 2.34. The molecule has 2 atom stereocenters. The molecule has 0 radical (unpaired) electrons. The molecule has 1 heterocycles. The fourth-order valence-corrected chi connectivity index (χ4v) is 4.59. The van der Waals surface area contributed by atoms with Crippen LogP contribution in [0.5, 0.6) is 0 Å². The van der Waals surface area contributed by atoms with Crippen LogP contribution >= 0.6 is 0 Å². The zero-order valence-electron chi connectivity index (χ0n) is 18.6. The van der Waals surface area contributed by atoms with Crippen molar-refractivity contribution in [2.24, 2.45) is 11.8 Å². The van der Waals surface area contributed by atoms with Gasteiger partial charge in [-0.05, 0) is 80.8 Å². The molecule has 1 aliphatic carbocycles. The molecule has 2 aliphatic rings. The van der Waals surface area contributed by atoms with Gasteiger partial charge in [-0.15, -0.1) is 0 Å². The van der Waals surface area contributed by atoms with Crippen molar-refractivity contribution in [2.45, 2.75) is 45.6 Å². The first-order valence-electron chi connectivity index (χ1n) is 11.5. The maximum Gasteiger partial charge on any atom is 0.246 e. The summed E-state index contributed by atoms with van der Waals surface area (Å²) in [5.74, 6) is 0.699. The van der Waals surface area contributed by atoms with Crippen molar-refractivity contribution in [3.63, 3.8) is 0 Å². The SMILES string of the molecule is Cc1cc(C)cc(NC(=O)C(c2ccccc2)N2CCCC(C(=O)NCC3CC3)C2)c1. The zero-order chi connectivity index (χ0) is 21.8. The molecule has 2 amide bonds. The van der Waals surface area contributed by atoms with Gasteiger partial charge in [-0.25, -0.2) is 0 Å². The number of likely N-dealkylation sites (tertiary alicyclic amines) is 1. The number of nitrogens with one attached hydrogen (secondary N) is 2. The maximum atomic E-state index is 13.5. The van der Waals surface area contributed by atoms with Gasteiger partial charge in [0, 0.05) is 18.8 Å². The van der Waals surface area contributed by atoms with Crippen LogP contribution in [0.3, 0.4) is 0 Å². The van der Waals surface area contributed by atoms with Crippen molar-refractivity contribution in [1.82, 2.24) is 10.2 Å². The summed E-state index contributed by atoms with van der Waals surface area (Å²) < 4.78 is 0. The van der Waals surface area contributed by atoms with E-state index in [0.29, 0.717) is 12.5 Å². The van der Waals surface area contributed by atoms with Crippen molar-refractivity contribution in [3.05, 3.63) is 65.2 Å². The van der Waals surface area contributed by atoms with E-state index < -0.39 is 6.04 Å². The number of carbonyl (C=O) groups excluding carboxylic acids is 2. The van der Waals surface area contributed by atoms with Gasteiger partial charge in [-0.2, -0.15) is 0 Å². The minimum atomic E-state index is -0.416. The van der Waals surface area contributed by atoms with Gasteiger partial charge >= 0.3 is 0 Å². The third kappa shape index (κ3) is 5.73. The van der Waals surface area contributed by atoms with Crippen molar-refractivity contribution in [3.8, 4) is 0 Å². The molecular formula is C26H33N3O2. The van der Waals surface area contributed by atoms with Crippen LogP contribution in [0.25, 0.3) is 0 Å². The molecule has 1 saturated heterocycles. The largest absolute Gasteiger partial charge is 0.356 e. The molecule has 2 unspecified atom stereocenters. The summed E-state index contributed by atoms with van der Waals surface area (Å²) in [5.41, 5.74) is 4.02. The van der Waals surface area contributed by atoms with Crippen LogP contribution in [-0.4, -0.2) is 36.3 Å². The Balaban J connectivity index is 1.51. The number of nitrogens with zero attached hydrogens (tertiary/aromatic N) is 1. The minimum Gasteiger partial charge on any atom is -0.356 e. The molecule has 4 rings (SSSR count). The molecular weight excluding hydrogens is 386 g/mol. The smallest absolute Gasteiger partial charge is 0.246 e. The zero-order valence-corrected chi connectivity index (χ0v) is 18.6.